The standard InChI is InChI=1S/C33H34O4/c1-25-17-19-29(20-18-25)31-33(36-23-28-15-9-4-10-16-28)32(35-22-27-13-7-3-8-14-27)30(37-31)24-34-21-26-11-5-2-6-12-26/h2-20,30-33H,21-24H2,1H3/t30-,31+,32-,33+/m1/s1. The number of hydrogen-bond donors (Lipinski definition) is 0. The van der Waals surface area contributed by atoms with E-state index in [2.05, 4.69) is 67.6 Å². The lowest BCUT2D eigenvalue weighted by Gasteiger charge is -2.25. The average molecular weight is 495 g/mol. The van der Waals surface area contributed by atoms with E-state index in [9.17, 15) is 0 Å². The van der Waals surface area contributed by atoms with Gasteiger partial charge in [0.1, 0.15) is 24.4 Å². The molecule has 1 fully saturated rings. The van der Waals surface area contributed by atoms with Crippen LogP contribution >= 0.6 is 0 Å². The minimum atomic E-state index is -0.286. The van der Waals surface area contributed by atoms with Crippen LogP contribution in [0.4, 0.5) is 0 Å². The lowest BCUT2D eigenvalue weighted by Crippen LogP contribution is -2.37. The maximum absolute atomic E-state index is 6.65. The molecule has 190 valence electrons. The first-order valence-electron chi connectivity index (χ1n) is 12.9. The second-order valence-electron chi connectivity index (χ2n) is 9.53. The minimum absolute atomic E-state index is 0.254. The Morgan fingerprint density at radius 3 is 1.59 bits per heavy atom. The van der Waals surface area contributed by atoms with Crippen LogP contribution in [0, 0.1) is 6.92 Å². The molecule has 4 atom stereocenters. The molecule has 0 radical (unpaired) electrons. The summed E-state index contributed by atoms with van der Waals surface area (Å²) in [6.45, 7) is 4.00. The van der Waals surface area contributed by atoms with E-state index < -0.39 is 0 Å². The van der Waals surface area contributed by atoms with Gasteiger partial charge in [0.25, 0.3) is 0 Å². The number of benzene rings is 4. The quantitative estimate of drug-likeness (QED) is 0.229. The van der Waals surface area contributed by atoms with E-state index in [4.69, 9.17) is 18.9 Å². The van der Waals surface area contributed by atoms with E-state index >= 15 is 0 Å². The normalized spacial score (nSPS) is 21.2. The maximum Gasteiger partial charge on any atom is 0.117 e. The predicted octanol–water partition coefficient (Wildman–Crippen LogP) is 6.82. The lowest BCUT2D eigenvalue weighted by atomic mass is 10.00. The van der Waals surface area contributed by atoms with E-state index in [1.54, 1.807) is 0 Å². The van der Waals surface area contributed by atoms with Crippen LogP contribution in [0.1, 0.15) is 33.9 Å². The monoisotopic (exact) mass is 494 g/mol. The third-order valence-electron chi connectivity index (χ3n) is 6.68. The van der Waals surface area contributed by atoms with Gasteiger partial charge in [-0.2, -0.15) is 0 Å². The van der Waals surface area contributed by atoms with Crippen LogP contribution in [0.15, 0.2) is 115 Å². The van der Waals surface area contributed by atoms with Gasteiger partial charge in [-0.15, -0.1) is 0 Å². The molecule has 1 heterocycles. The number of ether oxygens (including phenoxy) is 4. The zero-order valence-electron chi connectivity index (χ0n) is 21.2. The zero-order chi connectivity index (χ0) is 25.3. The van der Waals surface area contributed by atoms with Crippen molar-refractivity contribution < 1.29 is 18.9 Å². The molecule has 0 amide bonds. The Morgan fingerprint density at radius 1 is 0.568 bits per heavy atom. The summed E-state index contributed by atoms with van der Waals surface area (Å²) < 4.78 is 25.9. The fourth-order valence-corrected chi connectivity index (χ4v) is 4.67. The van der Waals surface area contributed by atoms with Crippen LogP contribution in [-0.2, 0) is 38.8 Å². The first kappa shape index (κ1) is 25.4. The minimum Gasteiger partial charge on any atom is -0.374 e. The van der Waals surface area contributed by atoms with Crippen molar-refractivity contribution in [1.29, 1.82) is 0 Å². The topological polar surface area (TPSA) is 36.9 Å². The summed E-state index contributed by atoms with van der Waals surface area (Å²) in [5, 5.41) is 0. The lowest BCUT2D eigenvalue weighted by molar-refractivity contribution is -0.0898. The molecule has 37 heavy (non-hydrogen) atoms. The van der Waals surface area contributed by atoms with Gasteiger partial charge in [-0.1, -0.05) is 121 Å². The highest BCUT2D eigenvalue weighted by Crippen LogP contribution is 2.38. The summed E-state index contributed by atoms with van der Waals surface area (Å²) in [5.74, 6) is 0. The molecule has 0 aliphatic carbocycles. The van der Waals surface area contributed by atoms with Gasteiger partial charge >= 0.3 is 0 Å². The molecule has 0 aromatic heterocycles. The molecule has 4 aromatic carbocycles. The van der Waals surface area contributed by atoms with Crippen LogP contribution in [0.25, 0.3) is 0 Å². The third kappa shape index (κ3) is 6.94. The van der Waals surface area contributed by atoms with Gasteiger partial charge in [0.2, 0.25) is 0 Å². The molecule has 4 nitrogen and oxygen atoms in total. The van der Waals surface area contributed by atoms with Gasteiger partial charge < -0.3 is 18.9 Å². The average Bonchev–Trinajstić information content (AvgIpc) is 3.30. The number of hydrogen-bond acceptors (Lipinski definition) is 4. The van der Waals surface area contributed by atoms with Gasteiger partial charge in [0.15, 0.2) is 0 Å². The molecule has 4 aromatic rings. The summed E-state index contributed by atoms with van der Waals surface area (Å²) in [4.78, 5) is 0. The molecule has 1 aliphatic heterocycles. The predicted molar refractivity (Wildman–Crippen MR) is 145 cm³/mol. The molecule has 0 bridgehead atoms. The van der Waals surface area contributed by atoms with Crippen LogP contribution in [-0.4, -0.2) is 24.9 Å². The Kier molecular flexibility index (Phi) is 8.78. The fraction of sp³-hybridized carbons (Fsp3) is 0.273. The molecule has 5 rings (SSSR count). The van der Waals surface area contributed by atoms with Crippen LogP contribution in [0.2, 0.25) is 0 Å². The van der Waals surface area contributed by atoms with E-state index in [0.717, 1.165) is 22.3 Å². The largest absolute Gasteiger partial charge is 0.374 e. The van der Waals surface area contributed by atoms with Crippen molar-refractivity contribution in [3.8, 4) is 0 Å². The van der Waals surface area contributed by atoms with Crippen molar-refractivity contribution in [1.82, 2.24) is 0 Å². The maximum atomic E-state index is 6.65. The number of aryl methyl sites for hydroxylation is 1. The summed E-state index contributed by atoms with van der Waals surface area (Å²) in [6.07, 6.45) is -1.09. The molecule has 0 spiro atoms. The second-order valence-corrected chi connectivity index (χ2v) is 9.53. The van der Waals surface area contributed by atoms with Crippen molar-refractivity contribution in [3.63, 3.8) is 0 Å². The molecule has 4 heteroatoms. The Morgan fingerprint density at radius 2 is 1.05 bits per heavy atom. The molecule has 0 unspecified atom stereocenters. The van der Waals surface area contributed by atoms with Crippen LogP contribution < -0.4 is 0 Å². The second kappa shape index (κ2) is 12.8. The van der Waals surface area contributed by atoms with Crippen molar-refractivity contribution in [3.05, 3.63) is 143 Å². The Balaban J connectivity index is 1.37. The summed E-state index contributed by atoms with van der Waals surface area (Å²) in [7, 11) is 0. The van der Waals surface area contributed by atoms with Crippen LogP contribution in [0.3, 0.4) is 0 Å². The number of rotatable bonds is 11. The molecule has 0 N–H and O–H groups in total. The van der Waals surface area contributed by atoms with Crippen LogP contribution in [0.5, 0.6) is 0 Å². The van der Waals surface area contributed by atoms with Crippen molar-refractivity contribution >= 4 is 0 Å². The Hall–Kier alpha value is -3.28. The van der Waals surface area contributed by atoms with Gasteiger partial charge in [0.05, 0.1) is 26.4 Å². The summed E-state index contributed by atoms with van der Waals surface area (Å²) in [5.41, 5.74) is 5.67. The summed E-state index contributed by atoms with van der Waals surface area (Å²) >= 11 is 0. The van der Waals surface area contributed by atoms with Crippen molar-refractivity contribution in [2.75, 3.05) is 6.61 Å². The molecule has 1 aliphatic rings. The molecule has 1 saturated heterocycles. The fourth-order valence-electron chi connectivity index (χ4n) is 4.67. The van der Waals surface area contributed by atoms with E-state index in [-0.39, 0.29) is 24.4 Å². The zero-order valence-corrected chi connectivity index (χ0v) is 21.2. The first-order chi connectivity index (χ1) is 18.3. The van der Waals surface area contributed by atoms with Crippen molar-refractivity contribution in [2.45, 2.75) is 51.2 Å². The van der Waals surface area contributed by atoms with Gasteiger partial charge in [0, 0.05) is 0 Å². The third-order valence-corrected chi connectivity index (χ3v) is 6.68. The molecular formula is C33H34O4. The molecular weight excluding hydrogens is 460 g/mol. The van der Waals surface area contributed by atoms with E-state index in [1.165, 1.54) is 5.56 Å². The smallest absolute Gasteiger partial charge is 0.117 e. The van der Waals surface area contributed by atoms with Gasteiger partial charge in [-0.05, 0) is 29.2 Å². The highest BCUT2D eigenvalue weighted by molar-refractivity contribution is 5.26. The van der Waals surface area contributed by atoms with E-state index in [1.807, 2.05) is 54.6 Å². The molecule has 0 saturated carbocycles. The Bertz CT molecular complexity index is 1200. The Labute approximate surface area is 219 Å². The summed E-state index contributed by atoms with van der Waals surface area (Å²) in [6, 6.07) is 39.2. The van der Waals surface area contributed by atoms with E-state index in [0.29, 0.717) is 26.4 Å². The highest BCUT2D eigenvalue weighted by atomic mass is 16.6. The SMILES string of the molecule is Cc1ccc([C@@H]2O[C@H](COCc3ccccc3)[C@@H](OCc3ccccc3)[C@H]2OCc2ccccc2)cc1. The highest BCUT2D eigenvalue weighted by Gasteiger charge is 2.47. The van der Waals surface area contributed by atoms with Gasteiger partial charge in [-0.25, -0.2) is 0 Å². The van der Waals surface area contributed by atoms with Crippen molar-refractivity contribution in [2.24, 2.45) is 0 Å². The van der Waals surface area contributed by atoms with Gasteiger partial charge in [-0.3, -0.25) is 0 Å². The first-order valence-corrected chi connectivity index (χ1v) is 12.9.